The molecule has 0 aliphatic heterocycles. The third kappa shape index (κ3) is 1370. The van der Waals surface area contributed by atoms with Crippen LogP contribution in [0.5, 0.6) is 0 Å². The van der Waals surface area contributed by atoms with Gasteiger partial charge in [-0.25, -0.2) is 0 Å². The van der Waals surface area contributed by atoms with E-state index in [1.54, 1.807) is 0 Å². The fourth-order valence-corrected chi connectivity index (χ4v) is 0. The molecule has 0 heterocycles. The van der Waals surface area contributed by atoms with E-state index in [0.717, 1.165) is 0 Å². The van der Waals surface area contributed by atoms with Crippen molar-refractivity contribution in [1.29, 1.82) is 0 Å². The Morgan fingerprint density at radius 1 is 0.471 bits per heavy atom. The third-order valence-corrected chi connectivity index (χ3v) is 0. The topological polar surface area (TPSA) is 259 Å². The molecule has 17 heteroatoms. The van der Waals surface area contributed by atoms with Gasteiger partial charge in [0, 0.05) is 0 Å². The predicted molar refractivity (Wildman–Crippen MR) is 22.8 cm³/mol. The van der Waals surface area contributed by atoms with Crippen LogP contribution >= 0.6 is 23.5 Å². The summed E-state index contributed by atoms with van der Waals surface area (Å²) in [5.74, 6) is 0. The summed E-state index contributed by atoms with van der Waals surface area (Å²) >= 11 is 0. The Kier molecular flexibility index (Phi) is 23.6. The summed E-state index contributed by atoms with van der Waals surface area (Å²) in [4.78, 5) is 76.9. The monoisotopic (exact) mass is 426 g/mol. The SMILES string of the molecule is O=P([O-])([O-])[O-].O=P([O-])([O-])[O-].O=P([O-])([O-])[O-].[V+5].[Zr+4]. The molecule has 0 fully saturated rings. The van der Waals surface area contributed by atoms with Gasteiger partial charge < -0.3 is 57.7 Å². The van der Waals surface area contributed by atoms with Gasteiger partial charge in [-0.3, -0.25) is 0 Å². The van der Waals surface area contributed by atoms with Crippen LogP contribution in [0.3, 0.4) is 0 Å². The molecule has 0 aromatic heterocycles. The summed E-state index contributed by atoms with van der Waals surface area (Å²) in [6, 6.07) is 0. The van der Waals surface area contributed by atoms with Crippen molar-refractivity contribution in [3.63, 3.8) is 0 Å². The van der Waals surface area contributed by atoms with Crippen LogP contribution in [0, 0.1) is 0 Å². The Morgan fingerprint density at radius 3 is 0.471 bits per heavy atom. The van der Waals surface area contributed by atoms with Gasteiger partial charge in [0.05, 0.1) is 0 Å². The molecular formula is O12P3VZr. The minimum Gasteiger partial charge on any atom is -0.822 e. The van der Waals surface area contributed by atoms with Crippen LogP contribution in [0.1, 0.15) is 0 Å². The van der Waals surface area contributed by atoms with Crippen molar-refractivity contribution in [2.45, 2.75) is 0 Å². The zero-order valence-electron chi connectivity index (χ0n) is 7.19. The molecule has 0 N–H and O–H groups in total. The van der Waals surface area contributed by atoms with Crippen molar-refractivity contribution in [3.05, 3.63) is 0 Å². The van der Waals surface area contributed by atoms with E-state index in [9.17, 15) is 0 Å². The van der Waals surface area contributed by atoms with Crippen molar-refractivity contribution in [3.8, 4) is 0 Å². The quantitative estimate of drug-likeness (QED) is 0.326. The van der Waals surface area contributed by atoms with Crippen molar-refractivity contribution >= 4 is 23.5 Å². The maximum absolute atomic E-state index is 8.55. The summed E-state index contributed by atoms with van der Waals surface area (Å²) in [5.41, 5.74) is 0. The second-order valence-electron chi connectivity index (χ2n) is 1.34. The summed E-state index contributed by atoms with van der Waals surface area (Å²) in [5, 5.41) is 0. The Bertz CT molecular complexity index is 208. The maximum Gasteiger partial charge on any atom is 5.00 e. The Labute approximate surface area is 125 Å². The Morgan fingerprint density at radius 2 is 0.471 bits per heavy atom. The molecule has 0 saturated carbocycles. The Balaban J connectivity index is -0.0000000400. The molecule has 96 valence electrons. The maximum atomic E-state index is 8.55. The molecule has 17 heavy (non-hydrogen) atoms. The van der Waals surface area contributed by atoms with Crippen molar-refractivity contribution in [1.82, 2.24) is 0 Å². The minimum absolute atomic E-state index is 0. The van der Waals surface area contributed by atoms with Gasteiger partial charge in [-0.05, 0) is 0 Å². The van der Waals surface area contributed by atoms with Crippen LogP contribution in [0.15, 0.2) is 0 Å². The van der Waals surface area contributed by atoms with E-state index in [-0.39, 0.29) is 44.8 Å². The molecule has 0 aromatic carbocycles. The molecular weight excluding hydrogens is 427 g/mol. The largest absolute Gasteiger partial charge is 5.00 e. The van der Waals surface area contributed by atoms with E-state index in [1.807, 2.05) is 0 Å². The van der Waals surface area contributed by atoms with Crippen LogP contribution < -0.4 is 44.0 Å². The molecule has 0 amide bonds. The van der Waals surface area contributed by atoms with Gasteiger partial charge >= 0.3 is 44.8 Å². The molecule has 12 nitrogen and oxygen atoms in total. The average Bonchev–Trinajstić information content (AvgIpc) is 1.41. The smallest absolute Gasteiger partial charge is 0.822 e. The second-order valence-corrected chi connectivity index (χ2v) is 4.02. The van der Waals surface area contributed by atoms with E-state index < -0.39 is 23.5 Å². The molecule has 0 bridgehead atoms. The average molecular weight is 427 g/mol. The standard InChI is InChI=1S/3H3O4P.V.Zr/c3*1-5(2,3)4;;/h3*(H3,1,2,3,4);;/q;;;+5;+4/p-9. The fraction of sp³-hybridized carbons (Fsp3) is 0. The van der Waals surface area contributed by atoms with Crippen LogP contribution in [-0.4, -0.2) is 0 Å². The number of phosphoric acid groups is 3. The van der Waals surface area contributed by atoms with E-state index >= 15 is 0 Å². The van der Waals surface area contributed by atoms with E-state index in [4.69, 9.17) is 57.7 Å². The summed E-state index contributed by atoms with van der Waals surface area (Å²) < 4.78 is 25.6. The molecule has 0 aliphatic carbocycles. The van der Waals surface area contributed by atoms with E-state index in [0.29, 0.717) is 0 Å². The first-order chi connectivity index (χ1) is 6.00. The third-order valence-electron chi connectivity index (χ3n) is 0. The first kappa shape index (κ1) is 31.3. The van der Waals surface area contributed by atoms with Crippen molar-refractivity contribution in [2.75, 3.05) is 0 Å². The van der Waals surface area contributed by atoms with Gasteiger partial charge in [-0.1, -0.05) is 0 Å². The van der Waals surface area contributed by atoms with Crippen molar-refractivity contribution < 1.29 is 102 Å². The second kappa shape index (κ2) is 12.8. The number of hydrogen-bond donors (Lipinski definition) is 0. The van der Waals surface area contributed by atoms with Crippen LogP contribution in [0.25, 0.3) is 0 Å². The summed E-state index contributed by atoms with van der Waals surface area (Å²) in [6.07, 6.45) is 0. The zero-order chi connectivity index (χ0) is 13.5. The number of hydrogen-bond acceptors (Lipinski definition) is 12. The van der Waals surface area contributed by atoms with Crippen LogP contribution in [-0.2, 0) is 58.5 Å². The van der Waals surface area contributed by atoms with Crippen LogP contribution in [0.2, 0.25) is 0 Å². The first-order valence-corrected chi connectivity index (χ1v) is 6.57. The fourth-order valence-electron chi connectivity index (χ4n) is 0. The van der Waals surface area contributed by atoms with Gasteiger partial charge in [-0.2, -0.15) is 23.5 Å². The molecule has 0 radical (unpaired) electrons. The molecule has 0 aromatic rings. The number of rotatable bonds is 0. The Hall–Kier alpha value is 1.80. The van der Waals surface area contributed by atoms with Gasteiger partial charge in [0.15, 0.2) is 0 Å². The zero-order valence-corrected chi connectivity index (χ0v) is 13.7. The summed E-state index contributed by atoms with van der Waals surface area (Å²) in [6.45, 7) is 0. The minimum atomic E-state index is -5.39. The van der Waals surface area contributed by atoms with Crippen molar-refractivity contribution in [2.24, 2.45) is 0 Å². The molecule has 0 spiro atoms. The first-order valence-electron chi connectivity index (χ1n) is 2.19. The molecule has 0 aliphatic rings. The van der Waals surface area contributed by atoms with Gasteiger partial charge in [-0.15, -0.1) is 0 Å². The molecule has 0 rings (SSSR count). The van der Waals surface area contributed by atoms with E-state index in [1.165, 1.54) is 0 Å². The van der Waals surface area contributed by atoms with Gasteiger partial charge in [0.1, 0.15) is 0 Å². The normalized spacial score (nSPS) is 10.4. The van der Waals surface area contributed by atoms with Gasteiger partial charge in [0.2, 0.25) is 0 Å². The predicted octanol–water partition coefficient (Wildman–Crippen LogP) is -8.48. The summed E-state index contributed by atoms with van der Waals surface area (Å²) in [7, 11) is -16.2. The van der Waals surface area contributed by atoms with E-state index in [2.05, 4.69) is 0 Å². The molecule has 0 atom stereocenters. The molecule has 0 saturated heterocycles. The van der Waals surface area contributed by atoms with Crippen LogP contribution in [0.4, 0.5) is 0 Å². The van der Waals surface area contributed by atoms with Gasteiger partial charge in [0.25, 0.3) is 0 Å². The molecule has 0 unspecified atom stereocenters.